The summed E-state index contributed by atoms with van der Waals surface area (Å²) in [5, 5.41) is 5.14. The van der Waals surface area contributed by atoms with E-state index in [1.807, 2.05) is 0 Å². The number of hydrogen-bond donors (Lipinski definition) is 2. The molecule has 0 saturated heterocycles. The van der Waals surface area contributed by atoms with Crippen LogP contribution < -0.4 is 10.6 Å². The Bertz CT molecular complexity index is 647. The van der Waals surface area contributed by atoms with Crippen molar-refractivity contribution in [3.63, 3.8) is 0 Å². The van der Waals surface area contributed by atoms with Gasteiger partial charge in [0.25, 0.3) is 0 Å². The van der Waals surface area contributed by atoms with Crippen molar-refractivity contribution in [2.75, 3.05) is 10.6 Å². The lowest BCUT2D eigenvalue weighted by Crippen LogP contribution is -2.19. The van der Waals surface area contributed by atoms with Crippen molar-refractivity contribution < 1.29 is 9.18 Å². The van der Waals surface area contributed by atoms with E-state index >= 15 is 0 Å². The van der Waals surface area contributed by atoms with E-state index in [0.717, 1.165) is 0 Å². The van der Waals surface area contributed by atoms with E-state index in [0.29, 0.717) is 16.9 Å². The predicted octanol–water partition coefficient (Wildman–Crippen LogP) is 3.45. The molecule has 4 heteroatoms. The smallest absolute Gasteiger partial charge is 0.308 e. The van der Waals surface area contributed by atoms with Crippen LogP contribution in [0, 0.1) is 18.2 Å². The van der Waals surface area contributed by atoms with Gasteiger partial charge in [0.05, 0.1) is 0 Å². The molecule has 19 heavy (non-hydrogen) atoms. The molecule has 0 fully saturated rings. The number of benzene rings is 2. The van der Waals surface area contributed by atoms with Crippen LogP contribution >= 0.6 is 0 Å². The van der Waals surface area contributed by atoms with Crippen molar-refractivity contribution in [2.24, 2.45) is 0 Å². The number of hydrogen-bond acceptors (Lipinski definition) is 1. The number of anilines is 2. The fourth-order valence-corrected chi connectivity index (χ4v) is 1.55. The van der Waals surface area contributed by atoms with Crippen molar-refractivity contribution >= 4 is 17.4 Å². The summed E-state index contributed by atoms with van der Waals surface area (Å²) in [6, 6.07) is 12.1. The van der Waals surface area contributed by atoms with E-state index in [2.05, 4.69) is 16.6 Å². The molecular weight excluding hydrogens is 243 g/mol. The van der Waals surface area contributed by atoms with Gasteiger partial charge in [0.2, 0.25) is 0 Å². The molecule has 2 N–H and O–H groups in total. The summed E-state index contributed by atoms with van der Waals surface area (Å²) in [6.45, 7) is 0. The number of rotatable bonds is 2. The first-order valence-electron chi connectivity index (χ1n) is 5.57. The maximum absolute atomic E-state index is 12.9. The minimum Gasteiger partial charge on any atom is -0.308 e. The first-order valence-corrected chi connectivity index (χ1v) is 5.57. The van der Waals surface area contributed by atoms with E-state index in [1.165, 1.54) is 18.2 Å². The Balaban J connectivity index is 2.03. The third kappa shape index (κ3) is 3.58. The summed E-state index contributed by atoms with van der Waals surface area (Å²) >= 11 is 0. The molecule has 0 heterocycles. The number of urea groups is 1. The Kier molecular flexibility index (Phi) is 3.79. The zero-order valence-electron chi connectivity index (χ0n) is 9.98. The van der Waals surface area contributed by atoms with Crippen LogP contribution in [-0.4, -0.2) is 6.03 Å². The number of terminal acetylenes is 1. The maximum atomic E-state index is 12.9. The van der Waals surface area contributed by atoms with Gasteiger partial charge in [0, 0.05) is 16.9 Å². The molecule has 0 bridgehead atoms. The summed E-state index contributed by atoms with van der Waals surface area (Å²) in [6.07, 6.45) is 5.27. The van der Waals surface area contributed by atoms with Crippen LogP contribution in [0.25, 0.3) is 0 Å². The van der Waals surface area contributed by atoms with Crippen LogP contribution in [-0.2, 0) is 0 Å². The van der Waals surface area contributed by atoms with E-state index in [1.54, 1.807) is 30.3 Å². The van der Waals surface area contributed by atoms with Gasteiger partial charge in [0.1, 0.15) is 5.82 Å². The zero-order valence-corrected chi connectivity index (χ0v) is 9.98. The van der Waals surface area contributed by atoms with Crippen LogP contribution in [0.1, 0.15) is 5.56 Å². The van der Waals surface area contributed by atoms with Gasteiger partial charge in [-0.25, -0.2) is 9.18 Å². The lowest BCUT2D eigenvalue weighted by atomic mass is 10.2. The summed E-state index contributed by atoms with van der Waals surface area (Å²) in [4.78, 5) is 11.7. The van der Waals surface area contributed by atoms with Crippen molar-refractivity contribution in [1.82, 2.24) is 0 Å². The van der Waals surface area contributed by atoms with E-state index in [-0.39, 0.29) is 0 Å². The fourth-order valence-electron chi connectivity index (χ4n) is 1.55. The van der Waals surface area contributed by atoms with E-state index in [9.17, 15) is 9.18 Å². The van der Waals surface area contributed by atoms with Gasteiger partial charge >= 0.3 is 6.03 Å². The third-order valence-electron chi connectivity index (χ3n) is 2.37. The molecule has 3 nitrogen and oxygen atoms in total. The minimum absolute atomic E-state index is 0.380. The molecule has 0 unspecified atom stereocenters. The average molecular weight is 254 g/mol. The quantitative estimate of drug-likeness (QED) is 0.792. The highest BCUT2D eigenvalue weighted by molar-refractivity contribution is 5.99. The molecule has 0 aliphatic heterocycles. The molecule has 2 aromatic rings. The highest BCUT2D eigenvalue weighted by Gasteiger charge is 2.03. The van der Waals surface area contributed by atoms with Crippen molar-refractivity contribution in [1.29, 1.82) is 0 Å². The SMILES string of the molecule is C#Cc1cccc(NC(=O)Nc2cccc(F)c2)c1. The molecule has 0 aliphatic carbocycles. The Morgan fingerprint density at radius 3 is 2.32 bits per heavy atom. The summed E-state index contributed by atoms with van der Waals surface area (Å²) in [5.74, 6) is 2.07. The normalized spacial score (nSPS) is 9.47. The Morgan fingerprint density at radius 2 is 1.68 bits per heavy atom. The van der Waals surface area contributed by atoms with Crippen LogP contribution in [0.15, 0.2) is 48.5 Å². The molecule has 0 atom stereocenters. The number of halogens is 1. The van der Waals surface area contributed by atoms with Gasteiger partial charge in [-0.2, -0.15) is 0 Å². The second-order valence-corrected chi connectivity index (χ2v) is 3.81. The third-order valence-corrected chi connectivity index (χ3v) is 2.37. The molecule has 0 radical (unpaired) electrons. The fraction of sp³-hybridized carbons (Fsp3) is 0. The molecule has 0 aromatic heterocycles. The number of carbonyl (C=O) groups is 1. The van der Waals surface area contributed by atoms with Crippen LogP contribution in [0.5, 0.6) is 0 Å². The van der Waals surface area contributed by atoms with E-state index < -0.39 is 11.8 Å². The number of nitrogens with one attached hydrogen (secondary N) is 2. The standard InChI is InChI=1S/C15H11FN2O/c1-2-11-5-3-7-13(9-11)17-15(19)18-14-8-4-6-12(16)10-14/h1,3-10H,(H2,17,18,19). The van der Waals surface area contributed by atoms with Gasteiger partial charge < -0.3 is 10.6 Å². The lowest BCUT2D eigenvalue weighted by molar-refractivity contribution is 0.262. The van der Waals surface area contributed by atoms with Crippen molar-refractivity contribution in [2.45, 2.75) is 0 Å². The van der Waals surface area contributed by atoms with Gasteiger partial charge in [-0.1, -0.05) is 18.1 Å². The van der Waals surface area contributed by atoms with Gasteiger partial charge in [-0.15, -0.1) is 6.42 Å². The molecule has 2 amide bonds. The van der Waals surface area contributed by atoms with Crippen molar-refractivity contribution in [3.8, 4) is 12.3 Å². The molecular formula is C15H11FN2O. The van der Waals surface area contributed by atoms with E-state index in [4.69, 9.17) is 6.42 Å². The average Bonchev–Trinajstić information content (AvgIpc) is 2.38. The monoisotopic (exact) mass is 254 g/mol. The van der Waals surface area contributed by atoms with Gasteiger partial charge in [-0.3, -0.25) is 0 Å². The molecule has 0 saturated carbocycles. The topological polar surface area (TPSA) is 41.1 Å². The highest BCUT2D eigenvalue weighted by Crippen LogP contribution is 2.12. The second-order valence-electron chi connectivity index (χ2n) is 3.81. The summed E-state index contributed by atoms with van der Waals surface area (Å²) < 4.78 is 12.9. The first kappa shape index (κ1) is 12.7. The Morgan fingerprint density at radius 1 is 1.05 bits per heavy atom. The Hall–Kier alpha value is -2.80. The molecule has 2 rings (SSSR count). The van der Waals surface area contributed by atoms with Gasteiger partial charge in [0.15, 0.2) is 0 Å². The van der Waals surface area contributed by atoms with Crippen LogP contribution in [0.2, 0.25) is 0 Å². The summed E-state index contributed by atoms with van der Waals surface area (Å²) in [7, 11) is 0. The first-order chi connectivity index (χ1) is 9.17. The highest BCUT2D eigenvalue weighted by atomic mass is 19.1. The maximum Gasteiger partial charge on any atom is 0.323 e. The predicted molar refractivity (Wildman–Crippen MR) is 73.4 cm³/mol. The Labute approximate surface area is 110 Å². The largest absolute Gasteiger partial charge is 0.323 e. The number of carbonyl (C=O) groups excluding carboxylic acids is 1. The zero-order chi connectivity index (χ0) is 13.7. The molecule has 94 valence electrons. The van der Waals surface area contributed by atoms with Crippen LogP contribution in [0.4, 0.5) is 20.6 Å². The molecule has 2 aromatic carbocycles. The van der Waals surface area contributed by atoms with Crippen LogP contribution in [0.3, 0.4) is 0 Å². The molecule has 0 aliphatic rings. The van der Waals surface area contributed by atoms with Gasteiger partial charge in [-0.05, 0) is 36.4 Å². The summed E-state index contributed by atoms with van der Waals surface area (Å²) in [5.41, 5.74) is 1.62. The minimum atomic E-state index is -0.459. The second kappa shape index (κ2) is 5.69. The number of amides is 2. The molecule has 0 spiro atoms. The lowest BCUT2D eigenvalue weighted by Gasteiger charge is -2.07. The van der Waals surface area contributed by atoms with Crippen molar-refractivity contribution in [3.05, 3.63) is 59.9 Å².